The third-order valence-corrected chi connectivity index (χ3v) is 5.44. The number of morpholine rings is 1. The van der Waals surface area contributed by atoms with E-state index in [0.29, 0.717) is 16.7 Å². The second kappa shape index (κ2) is 9.04. The van der Waals surface area contributed by atoms with E-state index in [1.807, 2.05) is 31.2 Å². The van der Waals surface area contributed by atoms with Crippen molar-refractivity contribution < 1.29 is 18.7 Å². The van der Waals surface area contributed by atoms with Gasteiger partial charge >= 0.3 is 11.6 Å². The zero-order chi connectivity index (χ0) is 22.0. The van der Waals surface area contributed by atoms with Gasteiger partial charge < -0.3 is 13.9 Å². The van der Waals surface area contributed by atoms with Gasteiger partial charge in [0.25, 0.3) is 0 Å². The summed E-state index contributed by atoms with van der Waals surface area (Å²) in [6.45, 7) is 8.72. The van der Waals surface area contributed by atoms with Crippen LogP contribution in [0.25, 0.3) is 11.0 Å². The lowest BCUT2D eigenvalue weighted by Gasteiger charge is -2.35. The first-order valence-electron chi connectivity index (χ1n) is 10.5. The van der Waals surface area contributed by atoms with Gasteiger partial charge in [-0.2, -0.15) is 0 Å². The molecule has 1 aliphatic heterocycles. The number of fused-ring (bicyclic) bond motifs is 1. The molecule has 0 bridgehead atoms. The van der Waals surface area contributed by atoms with E-state index in [1.54, 1.807) is 18.2 Å². The Bertz CT molecular complexity index is 1120. The average molecular weight is 421 g/mol. The van der Waals surface area contributed by atoms with Crippen LogP contribution in [0, 0.1) is 6.92 Å². The van der Waals surface area contributed by atoms with Gasteiger partial charge in [0.2, 0.25) is 0 Å². The van der Waals surface area contributed by atoms with Gasteiger partial charge in [-0.05, 0) is 50.1 Å². The van der Waals surface area contributed by atoms with E-state index in [9.17, 15) is 9.59 Å². The molecule has 1 fully saturated rings. The highest BCUT2D eigenvalue weighted by Gasteiger charge is 2.22. The minimum absolute atomic E-state index is 0.00923. The topological polar surface area (TPSA) is 69.0 Å². The van der Waals surface area contributed by atoms with Crippen LogP contribution >= 0.6 is 0 Å². The van der Waals surface area contributed by atoms with Crippen molar-refractivity contribution in [1.82, 2.24) is 4.90 Å². The number of hydrogen-bond donors (Lipinski definition) is 0. The van der Waals surface area contributed by atoms with E-state index < -0.39 is 11.6 Å². The molecule has 2 aromatic carbocycles. The number of carbonyl (C=O) groups is 1. The SMILES string of the molecule is Cc1ccc2c(COC(=O)c3ccc(CN4CC(C)OC(C)C4)cc3)cc(=O)oc2c1. The van der Waals surface area contributed by atoms with Gasteiger partial charge in [0, 0.05) is 36.7 Å². The average Bonchev–Trinajstić information content (AvgIpc) is 2.71. The second-order valence-electron chi connectivity index (χ2n) is 8.31. The Morgan fingerprint density at radius 1 is 1.06 bits per heavy atom. The summed E-state index contributed by atoms with van der Waals surface area (Å²) in [5.74, 6) is -0.423. The molecule has 1 aliphatic rings. The standard InChI is InChI=1S/C25H27NO5/c1-16-4-9-22-21(11-24(27)31-23(22)10-16)15-29-25(28)20-7-5-19(6-8-20)14-26-12-17(2)30-18(3)13-26/h4-11,17-18H,12-15H2,1-3H3. The Morgan fingerprint density at radius 3 is 2.48 bits per heavy atom. The van der Waals surface area contributed by atoms with Crippen LogP contribution in [-0.4, -0.2) is 36.2 Å². The van der Waals surface area contributed by atoms with Crippen LogP contribution in [0.5, 0.6) is 0 Å². The predicted octanol–water partition coefficient (Wildman–Crippen LogP) is 4.07. The maximum Gasteiger partial charge on any atom is 0.338 e. The van der Waals surface area contributed by atoms with Gasteiger partial charge in [0.05, 0.1) is 17.8 Å². The molecular formula is C25H27NO5. The molecule has 0 saturated carbocycles. The third-order valence-electron chi connectivity index (χ3n) is 5.44. The molecule has 1 saturated heterocycles. The van der Waals surface area contributed by atoms with Crippen LogP contribution < -0.4 is 5.63 Å². The normalized spacial score (nSPS) is 19.5. The third kappa shape index (κ3) is 5.21. The molecule has 6 nitrogen and oxygen atoms in total. The Morgan fingerprint density at radius 2 is 1.77 bits per heavy atom. The van der Waals surface area contributed by atoms with Crippen LogP contribution in [0.2, 0.25) is 0 Å². The van der Waals surface area contributed by atoms with Crippen molar-refractivity contribution >= 4 is 16.9 Å². The molecule has 0 spiro atoms. The van der Waals surface area contributed by atoms with Gasteiger partial charge in [-0.3, -0.25) is 4.90 Å². The minimum atomic E-state index is -0.458. The fourth-order valence-corrected chi connectivity index (χ4v) is 4.10. The summed E-state index contributed by atoms with van der Waals surface area (Å²) in [6.07, 6.45) is 0.442. The molecule has 1 aromatic heterocycles. The summed E-state index contributed by atoms with van der Waals surface area (Å²) in [5, 5.41) is 0.766. The monoisotopic (exact) mass is 421 g/mol. The van der Waals surface area contributed by atoms with E-state index in [-0.39, 0.29) is 18.8 Å². The Hall–Kier alpha value is -2.96. The van der Waals surface area contributed by atoms with Gasteiger partial charge in [-0.15, -0.1) is 0 Å². The molecule has 3 aromatic rings. The predicted molar refractivity (Wildman–Crippen MR) is 118 cm³/mol. The summed E-state index contributed by atoms with van der Waals surface area (Å²) in [7, 11) is 0. The van der Waals surface area contributed by atoms with Crippen LogP contribution in [0.4, 0.5) is 0 Å². The Kier molecular flexibility index (Phi) is 6.20. The van der Waals surface area contributed by atoms with Crippen molar-refractivity contribution in [1.29, 1.82) is 0 Å². The molecular weight excluding hydrogens is 394 g/mol. The molecule has 31 heavy (non-hydrogen) atoms. The van der Waals surface area contributed by atoms with E-state index >= 15 is 0 Å². The first kappa shape index (κ1) is 21.3. The van der Waals surface area contributed by atoms with Crippen molar-refractivity contribution in [2.75, 3.05) is 13.1 Å². The zero-order valence-electron chi connectivity index (χ0n) is 18.1. The van der Waals surface area contributed by atoms with Crippen LogP contribution in [0.1, 0.15) is 40.9 Å². The number of esters is 1. The van der Waals surface area contributed by atoms with Crippen molar-refractivity contribution in [3.05, 3.63) is 81.2 Å². The smallest absolute Gasteiger partial charge is 0.338 e. The number of rotatable bonds is 5. The maximum absolute atomic E-state index is 12.5. The summed E-state index contributed by atoms with van der Waals surface area (Å²) in [5.41, 5.74) is 3.28. The number of aryl methyl sites for hydroxylation is 1. The summed E-state index contributed by atoms with van der Waals surface area (Å²) in [6, 6.07) is 14.5. The molecule has 4 rings (SSSR count). The number of ether oxygens (including phenoxy) is 2. The van der Waals surface area contributed by atoms with Crippen LogP contribution in [0.3, 0.4) is 0 Å². The number of benzene rings is 2. The largest absolute Gasteiger partial charge is 0.457 e. The van der Waals surface area contributed by atoms with Gasteiger partial charge in [0.15, 0.2) is 0 Å². The Balaban J connectivity index is 1.40. The van der Waals surface area contributed by atoms with Crippen molar-refractivity contribution in [2.45, 2.75) is 46.1 Å². The minimum Gasteiger partial charge on any atom is -0.457 e. The van der Waals surface area contributed by atoms with Gasteiger partial charge in [0.1, 0.15) is 12.2 Å². The first-order chi connectivity index (χ1) is 14.9. The maximum atomic E-state index is 12.5. The molecule has 0 amide bonds. The molecule has 2 heterocycles. The van der Waals surface area contributed by atoms with Gasteiger partial charge in [-0.25, -0.2) is 9.59 Å². The highest BCUT2D eigenvalue weighted by Crippen LogP contribution is 2.20. The highest BCUT2D eigenvalue weighted by atomic mass is 16.5. The lowest BCUT2D eigenvalue weighted by molar-refractivity contribution is -0.0704. The quantitative estimate of drug-likeness (QED) is 0.457. The second-order valence-corrected chi connectivity index (χ2v) is 8.31. The first-order valence-corrected chi connectivity index (χ1v) is 10.5. The summed E-state index contributed by atoms with van der Waals surface area (Å²) >= 11 is 0. The van der Waals surface area contributed by atoms with Crippen molar-refractivity contribution in [3.8, 4) is 0 Å². The summed E-state index contributed by atoms with van der Waals surface area (Å²) < 4.78 is 16.5. The van der Waals surface area contributed by atoms with E-state index in [2.05, 4.69) is 18.7 Å². The molecule has 0 N–H and O–H groups in total. The molecule has 6 heteroatoms. The van der Waals surface area contributed by atoms with Crippen molar-refractivity contribution in [3.63, 3.8) is 0 Å². The fourth-order valence-electron chi connectivity index (χ4n) is 4.10. The fraction of sp³-hybridized carbons (Fsp3) is 0.360. The Labute approximate surface area is 181 Å². The lowest BCUT2D eigenvalue weighted by atomic mass is 10.1. The summed E-state index contributed by atoms with van der Waals surface area (Å²) in [4.78, 5) is 26.7. The van der Waals surface area contributed by atoms with Crippen LogP contribution in [0.15, 0.2) is 57.7 Å². The number of nitrogens with zero attached hydrogens (tertiary/aromatic N) is 1. The molecule has 0 aliphatic carbocycles. The van der Waals surface area contributed by atoms with E-state index in [4.69, 9.17) is 13.9 Å². The molecule has 2 unspecified atom stereocenters. The van der Waals surface area contributed by atoms with Crippen molar-refractivity contribution in [2.24, 2.45) is 0 Å². The zero-order valence-corrected chi connectivity index (χ0v) is 18.1. The number of carbonyl (C=O) groups excluding carboxylic acids is 1. The highest BCUT2D eigenvalue weighted by molar-refractivity contribution is 5.89. The number of hydrogen-bond acceptors (Lipinski definition) is 6. The van der Waals surface area contributed by atoms with E-state index in [0.717, 1.165) is 36.1 Å². The molecule has 2 atom stereocenters. The van der Waals surface area contributed by atoms with E-state index in [1.165, 1.54) is 6.07 Å². The molecule has 0 radical (unpaired) electrons. The van der Waals surface area contributed by atoms with Crippen LogP contribution in [-0.2, 0) is 22.6 Å². The van der Waals surface area contributed by atoms with Gasteiger partial charge in [-0.1, -0.05) is 24.3 Å². The molecule has 162 valence electrons. The lowest BCUT2D eigenvalue weighted by Crippen LogP contribution is -2.44.